The quantitative estimate of drug-likeness (QED) is 0.220. The summed E-state index contributed by atoms with van der Waals surface area (Å²) in [7, 11) is 1.55. The van der Waals surface area contributed by atoms with E-state index in [0.29, 0.717) is 12.1 Å². The molecule has 1 amide bonds. The van der Waals surface area contributed by atoms with E-state index in [9.17, 15) is 14.7 Å². The number of aromatic amines is 1. The molecule has 0 bridgehead atoms. The lowest BCUT2D eigenvalue weighted by Crippen LogP contribution is -2.51. The highest BCUT2D eigenvalue weighted by Crippen LogP contribution is 2.24. The van der Waals surface area contributed by atoms with E-state index < -0.39 is 17.6 Å². The summed E-state index contributed by atoms with van der Waals surface area (Å²) < 4.78 is 6.14. The number of nitrogens with one attached hydrogen (secondary N) is 2. The molecule has 2 unspecified atom stereocenters. The highest BCUT2D eigenvalue weighted by atomic mass is 35.5. The first-order valence-corrected chi connectivity index (χ1v) is 10.7. The predicted molar refractivity (Wildman–Crippen MR) is 124 cm³/mol. The highest BCUT2D eigenvalue weighted by Gasteiger charge is 2.33. The van der Waals surface area contributed by atoms with Gasteiger partial charge in [-0.2, -0.15) is 0 Å². The number of benzene rings is 2. The average Bonchev–Trinajstić information content (AvgIpc) is 3.22. The van der Waals surface area contributed by atoms with Crippen LogP contribution in [0.5, 0.6) is 0 Å². The van der Waals surface area contributed by atoms with Gasteiger partial charge in [-0.05, 0) is 30.5 Å². The van der Waals surface area contributed by atoms with Crippen LogP contribution in [0, 0.1) is 0 Å². The van der Waals surface area contributed by atoms with Gasteiger partial charge in [0, 0.05) is 41.7 Å². The number of hydrogen-bond donors (Lipinski definition) is 3. The summed E-state index contributed by atoms with van der Waals surface area (Å²) in [6, 6.07) is 19.0. The Morgan fingerprint density at radius 1 is 1.25 bits per heavy atom. The van der Waals surface area contributed by atoms with E-state index >= 15 is 0 Å². The van der Waals surface area contributed by atoms with Gasteiger partial charge in [-0.1, -0.05) is 48.5 Å². The molecule has 0 spiro atoms. The van der Waals surface area contributed by atoms with Crippen LogP contribution in [-0.4, -0.2) is 58.7 Å². The maximum Gasteiger partial charge on any atom is 0.284 e. The Morgan fingerprint density at radius 2 is 1.97 bits per heavy atom. The molecule has 0 aliphatic heterocycles. The van der Waals surface area contributed by atoms with Crippen molar-refractivity contribution in [3.05, 3.63) is 71.9 Å². The van der Waals surface area contributed by atoms with Gasteiger partial charge in [-0.3, -0.25) is 10.1 Å². The molecule has 1 aromatic heterocycles. The van der Waals surface area contributed by atoms with Crippen molar-refractivity contribution in [3.8, 4) is 0 Å². The van der Waals surface area contributed by atoms with E-state index in [1.54, 1.807) is 13.2 Å². The SMILES string of the molecule is COCNC(CC=O)(Cc1ccccc1)CC(O)CN(Cl)C(=O)c1cc2ccccc2[nH]1. The number of aliphatic hydroxyl groups is 1. The van der Waals surface area contributed by atoms with E-state index in [4.69, 9.17) is 16.5 Å². The van der Waals surface area contributed by atoms with Crippen molar-refractivity contribution in [3.63, 3.8) is 0 Å². The molecule has 2 aromatic carbocycles. The molecule has 7 nitrogen and oxygen atoms in total. The number of aldehydes is 1. The van der Waals surface area contributed by atoms with Crippen LogP contribution >= 0.6 is 11.8 Å². The van der Waals surface area contributed by atoms with Gasteiger partial charge in [-0.25, -0.2) is 4.42 Å². The molecule has 3 aromatic rings. The Balaban J connectivity index is 1.71. The van der Waals surface area contributed by atoms with Crippen LogP contribution in [-0.2, 0) is 16.0 Å². The minimum Gasteiger partial charge on any atom is -0.391 e. The molecular weight excluding hydrogens is 430 g/mol. The minimum absolute atomic E-state index is 0.0974. The summed E-state index contributed by atoms with van der Waals surface area (Å²) in [6.45, 7) is 0.117. The second kappa shape index (κ2) is 11.2. The first-order valence-electron chi connectivity index (χ1n) is 10.4. The molecule has 0 aliphatic carbocycles. The Bertz CT molecular complexity index is 993. The Hall–Kier alpha value is -2.71. The summed E-state index contributed by atoms with van der Waals surface area (Å²) in [5.41, 5.74) is 1.44. The van der Waals surface area contributed by atoms with Crippen LogP contribution in [0.25, 0.3) is 10.9 Å². The van der Waals surface area contributed by atoms with Gasteiger partial charge in [0.1, 0.15) is 12.0 Å². The maximum atomic E-state index is 12.8. The van der Waals surface area contributed by atoms with E-state index in [1.807, 2.05) is 54.6 Å². The zero-order valence-corrected chi connectivity index (χ0v) is 18.7. The normalized spacial score (nSPS) is 14.1. The van der Waals surface area contributed by atoms with Gasteiger partial charge in [0.25, 0.3) is 5.91 Å². The van der Waals surface area contributed by atoms with Crippen LogP contribution in [0.3, 0.4) is 0 Å². The highest BCUT2D eigenvalue weighted by molar-refractivity contribution is 6.24. The number of amides is 1. The van der Waals surface area contributed by atoms with Crippen molar-refractivity contribution in [1.29, 1.82) is 0 Å². The number of nitrogens with zero attached hydrogens (tertiary/aromatic N) is 1. The van der Waals surface area contributed by atoms with E-state index in [-0.39, 0.29) is 26.1 Å². The molecule has 8 heteroatoms. The molecule has 3 rings (SSSR count). The number of rotatable bonds is 12. The second-order valence-electron chi connectivity index (χ2n) is 7.90. The van der Waals surface area contributed by atoms with Gasteiger partial charge in [-0.15, -0.1) is 0 Å². The molecule has 0 fully saturated rings. The fourth-order valence-electron chi connectivity index (χ4n) is 3.91. The van der Waals surface area contributed by atoms with Gasteiger partial charge < -0.3 is 19.6 Å². The van der Waals surface area contributed by atoms with Gasteiger partial charge >= 0.3 is 0 Å². The van der Waals surface area contributed by atoms with Crippen LogP contribution < -0.4 is 5.32 Å². The van der Waals surface area contributed by atoms with Gasteiger partial charge in [0.15, 0.2) is 0 Å². The Labute approximate surface area is 192 Å². The third kappa shape index (κ3) is 6.17. The molecular formula is C24H28ClN3O4. The predicted octanol–water partition coefficient (Wildman–Crippen LogP) is 3.28. The molecule has 0 radical (unpaired) electrons. The number of ether oxygens (including phenoxy) is 1. The van der Waals surface area contributed by atoms with Crippen molar-refractivity contribution in [2.45, 2.75) is 30.9 Å². The standard InChI is InChI=1S/C24H28ClN3O4/c1-32-17-26-24(11-12-29,14-18-7-3-2-4-8-18)15-20(30)16-28(25)23(31)22-13-19-9-5-6-10-21(19)27-22/h2-10,12-13,20,26-27,30H,11,14-17H2,1H3. The van der Waals surface area contributed by atoms with Crippen molar-refractivity contribution >= 4 is 34.9 Å². The number of fused-ring (bicyclic) bond motifs is 1. The number of carbonyl (C=O) groups is 2. The smallest absolute Gasteiger partial charge is 0.284 e. The lowest BCUT2D eigenvalue weighted by molar-refractivity contribution is -0.109. The molecule has 2 atom stereocenters. The lowest BCUT2D eigenvalue weighted by Gasteiger charge is -2.36. The van der Waals surface area contributed by atoms with Crippen molar-refractivity contribution in [1.82, 2.24) is 14.7 Å². The largest absolute Gasteiger partial charge is 0.391 e. The van der Waals surface area contributed by atoms with Crippen LogP contribution in [0.15, 0.2) is 60.7 Å². The summed E-state index contributed by atoms with van der Waals surface area (Å²) in [5, 5.41) is 15.0. The number of aromatic nitrogens is 1. The molecule has 0 saturated carbocycles. The molecule has 1 heterocycles. The zero-order chi connectivity index (χ0) is 23.0. The molecule has 0 saturated heterocycles. The Kier molecular flexibility index (Phi) is 8.41. The number of hydrogen-bond acceptors (Lipinski definition) is 5. The monoisotopic (exact) mass is 457 g/mol. The summed E-state index contributed by atoms with van der Waals surface area (Å²) in [5.74, 6) is -0.434. The molecule has 170 valence electrons. The number of para-hydroxylation sites is 1. The molecule has 0 aliphatic rings. The third-order valence-electron chi connectivity index (χ3n) is 5.43. The van der Waals surface area contributed by atoms with E-state index in [1.165, 1.54) is 0 Å². The number of aliphatic hydroxyl groups excluding tert-OH is 1. The first-order chi connectivity index (χ1) is 15.5. The van der Waals surface area contributed by atoms with E-state index in [2.05, 4.69) is 10.3 Å². The second-order valence-corrected chi connectivity index (χ2v) is 8.31. The Morgan fingerprint density at radius 3 is 2.66 bits per heavy atom. The third-order valence-corrected chi connectivity index (χ3v) is 5.72. The van der Waals surface area contributed by atoms with E-state index in [0.717, 1.165) is 27.2 Å². The molecule has 3 N–H and O–H groups in total. The topological polar surface area (TPSA) is 94.7 Å². The molecule has 32 heavy (non-hydrogen) atoms. The minimum atomic E-state index is -0.964. The number of methoxy groups -OCH3 is 1. The van der Waals surface area contributed by atoms with Crippen LogP contribution in [0.1, 0.15) is 28.9 Å². The number of H-pyrrole nitrogens is 1. The fraction of sp³-hybridized carbons (Fsp3) is 0.333. The number of halogens is 1. The van der Waals surface area contributed by atoms with Crippen molar-refractivity contribution in [2.75, 3.05) is 20.4 Å². The first kappa shape index (κ1) is 23.9. The van der Waals surface area contributed by atoms with Crippen LogP contribution in [0.4, 0.5) is 0 Å². The average molecular weight is 458 g/mol. The van der Waals surface area contributed by atoms with Crippen molar-refractivity contribution in [2.24, 2.45) is 0 Å². The zero-order valence-electron chi connectivity index (χ0n) is 18.0. The van der Waals surface area contributed by atoms with Gasteiger partial charge in [0.2, 0.25) is 0 Å². The fourth-order valence-corrected chi connectivity index (χ4v) is 4.16. The number of carbonyl (C=O) groups excluding carboxylic acids is 2. The summed E-state index contributed by atoms with van der Waals surface area (Å²) >= 11 is 6.25. The maximum absolute atomic E-state index is 12.8. The van der Waals surface area contributed by atoms with Crippen LogP contribution in [0.2, 0.25) is 0 Å². The summed E-state index contributed by atoms with van der Waals surface area (Å²) in [4.78, 5) is 27.3. The summed E-state index contributed by atoms with van der Waals surface area (Å²) in [6.07, 6.45) is 0.736. The van der Waals surface area contributed by atoms with Crippen molar-refractivity contribution < 1.29 is 19.4 Å². The van der Waals surface area contributed by atoms with Gasteiger partial charge in [0.05, 0.1) is 19.4 Å². The lowest BCUT2D eigenvalue weighted by atomic mass is 9.83.